The Morgan fingerprint density at radius 3 is 2.79 bits per heavy atom. The first-order chi connectivity index (χ1) is 13.6. The number of ether oxygens (including phenoxy) is 1. The van der Waals surface area contributed by atoms with Gasteiger partial charge < -0.3 is 14.2 Å². The number of halogens is 2. The van der Waals surface area contributed by atoms with Crippen LogP contribution >= 0.6 is 11.6 Å². The fourth-order valence-electron chi connectivity index (χ4n) is 3.22. The molecule has 144 valence electrons. The average Bonchev–Trinajstić information content (AvgIpc) is 3.13. The molecule has 0 radical (unpaired) electrons. The van der Waals surface area contributed by atoms with Gasteiger partial charge in [-0.3, -0.25) is 4.79 Å². The maximum Gasteiger partial charge on any atom is 0.226 e. The van der Waals surface area contributed by atoms with E-state index in [4.69, 9.17) is 20.9 Å². The summed E-state index contributed by atoms with van der Waals surface area (Å²) in [6, 6.07) is 13.2. The maximum atomic E-state index is 13.2. The largest absolute Gasteiger partial charge is 0.491 e. The van der Waals surface area contributed by atoms with Gasteiger partial charge in [0.2, 0.25) is 5.91 Å². The second-order valence-electron chi connectivity index (χ2n) is 6.54. The lowest BCUT2D eigenvalue weighted by atomic mass is 10.0. The van der Waals surface area contributed by atoms with Crippen molar-refractivity contribution in [1.29, 1.82) is 0 Å². The van der Waals surface area contributed by atoms with E-state index >= 15 is 0 Å². The van der Waals surface area contributed by atoms with Gasteiger partial charge in [-0.05, 0) is 36.4 Å². The van der Waals surface area contributed by atoms with Crippen LogP contribution in [0.25, 0.3) is 11.3 Å². The van der Waals surface area contributed by atoms with E-state index in [1.807, 2.05) is 12.1 Å². The number of para-hydroxylation sites is 1. The average molecular weight is 401 g/mol. The molecule has 1 aliphatic rings. The zero-order valence-electron chi connectivity index (χ0n) is 15.0. The normalized spacial score (nSPS) is 13.3. The molecule has 7 heteroatoms. The summed E-state index contributed by atoms with van der Waals surface area (Å²) < 4.78 is 24.3. The van der Waals surface area contributed by atoms with Crippen molar-refractivity contribution in [2.24, 2.45) is 0 Å². The molecule has 0 saturated heterocycles. The molecule has 0 fully saturated rings. The molecule has 5 nitrogen and oxygen atoms in total. The molecule has 2 heterocycles. The predicted octanol–water partition coefficient (Wildman–Crippen LogP) is 4.49. The second-order valence-corrected chi connectivity index (χ2v) is 6.95. The highest BCUT2D eigenvalue weighted by molar-refractivity contribution is 6.32. The number of carbonyl (C=O) groups excluding carboxylic acids is 1. The Balaban J connectivity index is 1.40. The number of fused-ring (bicyclic) bond motifs is 1. The quantitative estimate of drug-likeness (QED) is 0.633. The summed E-state index contributed by atoms with van der Waals surface area (Å²) in [6.07, 6.45) is 0.870. The van der Waals surface area contributed by atoms with E-state index in [-0.39, 0.29) is 24.8 Å². The van der Waals surface area contributed by atoms with Crippen molar-refractivity contribution in [1.82, 2.24) is 10.1 Å². The van der Waals surface area contributed by atoms with E-state index in [0.29, 0.717) is 36.0 Å². The summed E-state index contributed by atoms with van der Waals surface area (Å²) in [5.74, 6) is 0.826. The predicted molar refractivity (Wildman–Crippen MR) is 103 cm³/mol. The molecule has 1 aromatic heterocycles. The molecular formula is C21H18ClFN2O3. The lowest BCUT2D eigenvalue weighted by Crippen LogP contribution is -2.36. The van der Waals surface area contributed by atoms with E-state index in [1.54, 1.807) is 29.2 Å². The number of aromatic nitrogens is 1. The molecule has 2 aromatic carbocycles. The molecule has 0 N–H and O–H groups in total. The van der Waals surface area contributed by atoms with Crippen LogP contribution in [0, 0.1) is 5.82 Å². The first-order valence-corrected chi connectivity index (χ1v) is 9.38. The van der Waals surface area contributed by atoms with E-state index in [2.05, 4.69) is 5.16 Å². The van der Waals surface area contributed by atoms with Crippen LogP contribution in [0.2, 0.25) is 5.02 Å². The van der Waals surface area contributed by atoms with E-state index in [1.165, 1.54) is 12.1 Å². The Morgan fingerprint density at radius 1 is 1.21 bits per heavy atom. The van der Waals surface area contributed by atoms with Crippen LogP contribution in [0.3, 0.4) is 0 Å². The number of rotatable bonds is 5. The number of nitrogens with zero attached hydrogens (tertiary/aromatic N) is 2. The summed E-state index contributed by atoms with van der Waals surface area (Å²) in [7, 11) is 0. The van der Waals surface area contributed by atoms with Gasteiger partial charge in [-0.15, -0.1) is 0 Å². The van der Waals surface area contributed by atoms with Crippen LogP contribution in [0.4, 0.5) is 4.39 Å². The van der Waals surface area contributed by atoms with Crippen LogP contribution in [-0.4, -0.2) is 29.1 Å². The molecule has 3 aromatic rings. The van der Waals surface area contributed by atoms with Gasteiger partial charge >= 0.3 is 0 Å². The highest BCUT2D eigenvalue weighted by atomic mass is 35.5. The van der Waals surface area contributed by atoms with Crippen molar-refractivity contribution in [3.63, 3.8) is 0 Å². The topological polar surface area (TPSA) is 55.6 Å². The highest BCUT2D eigenvalue weighted by Crippen LogP contribution is 2.31. The van der Waals surface area contributed by atoms with Gasteiger partial charge in [0.1, 0.15) is 11.6 Å². The molecule has 1 amide bonds. The minimum atomic E-state index is -0.313. The van der Waals surface area contributed by atoms with Gasteiger partial charge in [-0.25, -0.2) is 4.39 Å². The summed E-state index contributed by atoms with van der Waals surface area (Å²) in [6.45, 7) is 1.24. The molecule has 0 bridgehead atoms. The fraction of sp³-hybridized carbons (Fsp3) is 0.238. The Labute approximate surface area is 166 Å². The summed E-state index contributed by atoms with van der Waals surface area (Å²) >= 11 is 6.06. The number of carbonyl (C=O) groups is 1. The van der Waals surface area contributed by atoms with E-state index in [0.717, 1.165) is 16.8 Å². The summed E-state index contributed by atoms with van der Waals surface area (Å²) in [4.78, 5) is 14.4. The van der Waals surface area contributed by atoms with Crippen molar-refractivity contribution in [3.05, 3.63) is 70.6 Å². The van der Waals surface area contributed by atoms with Crippen molar-refractivity contribution in [2.75, 3.05) is 13.2 Å². The summed E-state index contributed by atoms with van der Waals surface area (Å²) in [5, 5.41) is 4.63. The Hall–Kier alpha value is -2.86. The standard InChI is InChI=1S/C21H18ClFN2O3/c22-17-3-1-2-4-19(17)27-12-10-20(26)25-11-9-18-16(13-25)21(28-24-18)14-5-7-15(23)8-6-14/h1-8H,9-13H2. The third-order valence-corrected chi connectivity index (χ3v) is 5.02. The van der Waals surface area contributed by atoms with E-state index in [9.17, 15) is 9.18 Å². The van der Waals surface area contributed by atoms with Gasteiger partial charge in [-0.1, -0.05) is 28.9 Å². The number of benzene rings is 2. The van der Waals surface area contributed by atoms with Crippen LogP contribution in [0.5, 0.6) is 5.75 Å². The molecule has 0 unspecified atom stereocenters. The minimum Gasteiger partial charge on any atom is -0.491 e. The van der Waals surface area contributed by atoms with Crippen molar-refractivity contribution in [3.8, 4) is 17.1 Å². The first kappa shape index (κ1) is 18.5. The molecule has 0 aliphatic carbocycles. The number of hydrogen-bond acceptors (Lipinski definition) is 4. The van der Waals surface area contributed by atoms with Crippen molar-refractivity contribution in [2.45, 2.75) is 19.4 Å². The zero-order chi connectivity index (χ0) is 19.5. The molecule has 0 spiro atoms. The smallest absolute Gasteiger partial charge is 0.226 e. The SMILES string of the molecule is O=C(CCOc1ccccc1Cl)N1CCc2noc(-c3ccc(F)cc3)c2C1. The molecule has 0 atom stereocenters. The van der Waals surface area contributed by atoms with Gasteiger partial charge in [-0.2, -0.15) is 0 Å². The Bertz CT molecular complexity index is 988. The van der Waals surface area contributed by atoms with Gasteiger partial charge in [0.15, 0.2) is 5.76 Å². The first-order valence-electron chi connectivity index (χ1n) is 9.00. The minimum absolute atomic E-state index is 0.0102. The van der Waals surface area contributed by atoms with Crippen molar-refractivity contribution < 1.29 is 18.4 Å². The molecule has 28 heavy (non-hydrogen) atoms. The van der Waals surface area contributed by atoms with Gasteiger partial charge in [0, 0.05) is 24.1 Å². The molecule has 1 aliphatic heterocycles. The van der Waals surface area contributed by atoms with Crippen LogP contribution in [0.15, 0.2) is 53.1 Å². The molecule has 4 rings (SSSR count). The number of amides is 1. The third-order valence-electron chi connectivity index (χ3n) is 4.71. The molecule has 0 saturated carbocycles. The Morgan fingerprint density at radius 2 is 2.00 bits per heavy atom. The lowest BCUT2D eigenvalue weighted by molar-refractivity contribution is -0.132. The van der Waals surface area contributed by atoms with Crippen molar-refractivity contribution >= 4 is 17.5 Å². The second kappa shape index (κ2) is 8.02. The lowest BCUT2D eigenvalue weighted by Gasteiger charge is -2.26. The van der Waals surface area contributed by atoms with Gasteiger partial charge in [0.05, 0.1) is 30.3 Å². The monoisotopic (exact) mass is 400 g/mol. The zero-order valence-corrected chi connectivity index (χ0v) is 15.8. The van der Waals surface area contributed by atoms with Gasteiger partial charge in [0.25, 0.3) is 0 Å². The van der Waals surface area contributed by atoms with Crippen LogP contribution in [0.1, 0.15) is 17.7 Å². The fourth-order valence-corrected chi connectivity index (χ4v) is 3.41. The van der Waals surface area contributed by atoms with Crippen LogP contribution < -0.4 is 4.74 Å². The third kappa shape index (κ3) is 3.87. The van der Waals surface area contributed by atoms with E-state index < -0.39 is 0 Å². The Kier molecular flexibility index (Phi) is 5.30. The maximum absolute atomic E-state index is 13.2. The molecular weight excluding hydrogens is 383 g/mol. The summed E-state index contributed by atoms with van der Waals surface area (Å²) in [5.41, 5.74) is 2.46. The van der Waals surface area contributed by atoms with Crippen LogP contribution in [-0.2, 0) is 17.8 Å². The highest BCUT2D eigenvalue weighted by Gasteiger charge is 2.27. The number of hydrogen-bond donors (Lipinski definition) is 0.